The van der Waals surface area contributed by atoms with E-state index in [1.807, 2.05) is 104 Å². The van der Waals surface area contributed by atoms with Crippen molar-refractivity contribution in [3.05, 3.63) is 344 Å². The van der Waals surface area contributed by atoms with Crippen LogP contribution in [0.5, 0.6) is 0 Å². The minimum Gasteiger partial charge on any atom is -0.466 e. The van der Waals surface area contributed by atoms with Gasteiger partial charge in [0, 0.05) is 95.8 Å². The monoisotopic (exact) mass is 1740 g/mol. The average molecular weight is 1740 g/mol. The van der Waals surface area contributed by atoms with Gasteiger partial charge in [0.1, 0.15) is 19.2 Å². The third-order valence-electron chi connectivity index (χ3n) is 16.1. The topological polar surface area (TPSA) is 202 Å². The highest BCUT2D eigenvalue weighted by atomic mass is 79.9. The average Bonchev–Trinajstić information content (AvgIpc) is 0.801. The van der Waals surface area contributed by atoms with Gasteiger partial charge in [-0.3, -0.25) is 24.1 Å². The first-order chi connectivity index (χ1) is 57.0. The Morgan fingerprint density at radius 3 is 1.35 bits per heavy atom. The molecule has 642 valence electrons. The third-order valence-corrected chi connectivity index (χ3v) is 17.4. The van der Waals surface area contributed by atoms with E-state index in [-0.39, 0.29) is 71.0 Å². The van der Waals surface area contributed by atoms with E-state index in [1.165, 1.54) is 59.7 Å². The van der Waals surface area contributed by atoms with Crippen LogP contribution in [0.3, 0.4) is 0 Å². The molecule has 0 spiro atoms. The number of benzene rings is 9. The summed E-state index contributed by atoms with van der Waals surface area (Å²) in [5, 5.41) is 3.52. The van der Waals surface area contributed by atoms with Gasteiger partial charge in [-0.1, -0.05) is 241 Å². The van der Waals surface area contributed by atoms with Crippen molar-refractivity contribution in [3.63, 3.8) is 0 Å². The molecule has 3 N–H and O–H groups in total. The summed E-state index contributed by atoms with van der Waals surface area (Å²) in [7, 11) is 1.99. The number of ether oxygens (including phenoxy) is 4. The minimum atomic E-state index is -4.91. The zero-order chi connectivity index (χ0) is 88.3. The number of carbonyl (C=O) groups is 6. The lowest BCUT2D eigenvalue weighted by Crippen LogP contribution is -2.33. The number of rotatable bonds is 33. The van der Waals surface area contributed by atoms with E-state index in [9.17, 15) is 66.8 Å². The molecule has 0 fully saturated rings. The van der Waals surface area contributed by atoms with Gasteiger partial charge in [-0.2, -0.15) is 4.31 Å². The van der Waals surface area contributed by atoms with Gasteiger partial charge in [-0.05, 0) is 135 Å². The van der Waals surface area contributed by atoms with Crippen LogP contribution >= 0.6 is 27.3 Å². The summed E-state index contributed by atoms with van der Waals surface area (Å²) in [6.07, 6.45) is 1.62. The summed E-state index contributed by atoms with van der Waals surface area (Å²) in [5.41, 5.74) is 14.4. The van der Waals surface area contributed by atoms with Gasteiger partial charge in [-0.15, -0.1) is 11.7 Å². The highest BCUT2D eigenvalue weighted by Gasteiger charge is 2.30. The molecular weight excluding hydrogens is 1640 g/mol. The fourth-order valence-corrected chi connectivity index (χ4v) is 10.6. The molecule has 0 aliphatic carbocycles. The number of nitrogens with zero attached hydrogens (tertiary/aromatic N) is 2. The highest BCUT2D eigenvalue weighted by molar-refractivity contribution is 9.10. The molecule has 9 rings (SSSR count). The van der Waals surface area contributed by atoms with Gasteiger partial charge in [0.05, 0.1) is 45.9 Å². The first-order valence-electron chi connectivity index (χ1n) is 37.8. The maximum absolute atomic E-state index is 13.5. The number of aldehydes is 2. The van der Waals surface area contributed by atoms with Crippen LogP contribution in [0.4, 0.5) is 38.0 Å². The number of alkyl halides is 6. The number of halogens is 10. The van der Waals surface area contributed by atoms with E-state index in [2.05, 4.69) is 105 Å². The number of carbonyl (C=O) groups excluding carboxylic acids is 6. The van der Waals surface area contributed by atoms with Crippen molar-refractivity contribution in [2.24, 2.45) is 5.73 Å². The van der Waals surface area contributed by atoms with Crippen molar-refractivity contribution in [3.8, 4) is 0 Å². The first-order valence-corrected chi connectivity index (χ1v) is 39.8. The summed E-state index contributed by atoms with van der Waals surface area (Å²) in [4.78, 5) is 77.0. The molecular formula is C92H106BrF9N4O12S. The summed E-state index contributed by atoms with van der Waals surface area (Å²) in [5.74, 6) is -1.52. The van der Waals surface area contributed by atoms with Crippen LogP contribution in [-0.4, -0.2) is 99.4 Å². The Morgan fingerprint density at radius 1 is 0.471 bits per heavy atom. The molecule has 0 heterocycles. The van der Waals surface area contributed by atoms with Crippen LogP contribution in [0.25, 0.3) is 12.2 Å². The zero-order valence-electron chi connectivity index (χ0n) is 68.0. The van der Waals surface area contributed by atoms with Crippen LogP contribution < -0.4 is 11.1 Å². The molecule has 27 heteroatoms. The van der Waals surface area contributed by atoms with E-state index in [0.717, 1.165) is 66.0 Å². The Hall–Kier alpha value is -10.6. The third kappa shape index (κ3) is 46.4. The van der Waals surface area contributed by atoms with Crippen LogP contribution in [0.15, 0.2) is 272 Å². The summed E-state index contributed by atoms with van der Waals surface area (Å²) in [6, 6.07) is 72.8. The van der Waals surface area contributed by atoms with Gasteiger partial charge < -0.3 is 30.0 Å². The fraction of sp³-hybridized carbons (Fsp3) is 0.283. The smallest absolute Gasteiger partial charge is 0.330 e. The van der Waals surface area contributed by atoms with Crippen LogP contribution in [0, 0.1) is 0 Å². The SMILES string of the molecule is C=CC(=O)OCC.CCOC(=O)/C=C/c1cccc(C=O)c1.CCOC(=O)C[C@@H](c1cccc(C(F)F)c1)N(Cc1ccccc1)[C@H](C)c1ccccc1.CCOC(=O)C[C@H](N)c1cccc(C(F)F)c1.CCOOC/C=C/c1cccc(C(F)F)c1.CN(C)S(F)(F)F.C[C@H](NCc1ccccc1)c1ccccc1.O=Cc1cccc(Br)c1. The Balaban J connectivity index is 0.000000484. The van der Waals surface area contributed by atoms with Crippen LogP contribution in [0.2, 0.25) is 0 Å². The van der Waals surface area contributed by atoms with Crippen molar-refractivity contribution in [2.75, 3.05) is 53.7 Å². The summed E-state index contributed by atoms with van der Waals surface area (Å²) < 4.78 is 130. The quantitative estimate of drug-likeness (QED) is 0.00574. The largest absolute Gasteiger partial charge is 0.466 e. The number of nitrogens with two attached hydrogens (primary N) is 1. The molecule has 0 aliphatic heterocycles. The van der Waals surface area contributed by atoms with Crippen LogP contribution in [0.1, 0.15) is 187 Å². The molecule has 0 bridgehead atoms. The van der Waals surface area contributed by atoms with E-state index in [4.69, 9.17) is 24.8 Å². The van der Waals surface area contributed by atoms with Crippen molar-refractivity contribution >= 4 is 75.9 Å². The molecule has 16 nitrogen and oxygen atoms in total. The van der Waals surface area contributed by atoms with E-state index < -0.39 is 48.7 Å². The van der Waals surface area contributed by atoms with Crippen molar-refractivity contribution in [1.82, 2.24) is 14.5 Å². The molecule has 0 aromatic heterocycles. The number of hydrogen-bond donors (Lipinski definition) is 2. The van der Waals surface area contributed by atoms with E-state index in [1.54, 1.807) is 101 Å². The van der Waals surface area contributed by atoms with Gasteiger partial charge in [0.15, 0.2) is 0 Å². The molecule has 0 saturated carbocycles. The van der Waals surface area contributed by atoms with Gasteiger partial charge in [-0.25, -0.2) is 45.7 Å². The lowest BCUT2D eigenvalue weighted by molar-refractivity contribution is -0.282. The second-order valence-corrected chi connectivity index (χ2v) is 27.5. The molecule has 0 unspecified atom stereocenters. The lowest BCUT2D eigenvalue weighted by Gasteiger charge is -2.37. The van der Waals surface area contributed by atoms with Crippen LogP contribution in [-0.2, 0) is 61.0 Å². The van der Waals surface area contributed by atoms with Crippen molar-refractivity contribution in [2.45, 2.75) is 118 Å². The lowest BCUT2D eigenvalue weighted by atomic mass is 9.95. The zero-order valence-corrected chi connectivity index (χ0v) is 70.4. The maximum Gasteiger partial charge on any atom is 0.330 e. The molecule has 119 heavy (non-hydrogen) atoms. The maximum atomic E-state index is 13.5. The molecule has 9 aromatic rings. The molecule has 0 saturated heterocycles. The van der Waals surface area contributed by atoms with E-state index in [0.29, 0.717) is 61.3 Å². The normalized spacial score (nSPS) is 11.8. The number of nitrogens with one attached hydrogen (secondary N) is 1. The van der Waals surface area contributed by atoms with Crippen molar-refractivity contribution < 1.29 is 95.5 Å². The standard InChI is InChI=1S/C27H29F2NO2.C15H17N.C12H15F2NO2.C12H14F2O2.C12H12O3.C7H5BrO.C5H8O2.C2H6F3NS/c1-3-32-26(31)18-25(23-15-10-16-24(17-23)27(28)29)30(19-21-11-6-4-7-12-21)20(2)22-13-8-5-9-14-22;1-13(15-10-6-3-7-11-15)16-12-14-8-4-2-5-9-14;1-2-17-11(16)7-10(15)8-4-3-5-9(6-8)12(13)14;1-2-15-16-8-4-6-10-5-3-7-11(9-10)12(13)14;1-2-15-12(14)7-6-10-4-3-5-11(8-10)9-13;8-7-3-1-2-6(4-7)5-9;1-3-5(6)7-4-2;1-6(2)7(3,4)5/h4-17,20,25,27H,3,18-19H2,1-2H3;2-11,13,16H,12H2,1H3;3-6,10,12H,2,7,15H2,1H3;3-7,9,12H,2,8H2,1H3;3-9H,2H2,1H3;1-5H;3H,1,4H2,2H3;1-2H3/b;;;6-4+;7-6+;;;/t20-,25+;13-;10-;;;;;/m100...../s1. The Bertz CT molecular complexity index is 4390. The molecule has 0 radical (unpaired) electrons. The van der Waals surface area contributed by atoms with E-state index >= 15 is 0 Å². The minimum absolute atomic E-state index is 0.0134. The Labute approximate surface area is 703 Å². The van der Waals surface area contributed by atoms with Gasteiger partial charge >= 0.3 is 23.9 Å². The first kappa shape index (κ1) is 104. The van der Waals surface area contributed by atoms with Gasteiger partial charge in [0.2, 0.25) is 0 Å². The second-order valence-electron chi connectivity index (χ2n) is 25.1. The number of esters is 4. The Morgan fingerprint density at radius 2 is 0.882 bits per heavy atom. The molecule has 0 aliphatic rings. The fourth-order valence-electron chi connectivity index (χ4n) is 10.1. The molecule has 9 aromatic carbocycles. The highest BCUT2D eigenvalue weighted by Crippen LogP contribution is 2.54. The molecule has 0 amide bonds. The second kappa shape index (κ2) is 61.7. The predicted molar refractivity (Wildman–Crippen MR) is 456 cm³/mol. The molecule has 4 atom stereocenters. The van der Waals surface area contributed by atoms with Gasteiger partial charge in [0.25, 0.3) is 30.6 Å². The summed E-state index contributed by atoms with van der Waals surface area (Å²) in [6.45, 7) is 19.8. The Kier molecular flexibility index (Phi) is 54.1. The van der Waals surface area contributed by atoms with Crippen molar-refractivity contribution in [1.29, 1.82) is 0 Å². The summed E-state index contributed by atoms with van der Waals surface area (Å²) >= 11 is -1.66. The number of hydrogen-bond acceptors (Lipinski definition) is 16. The predicted octanol–water partition coefficient (Wildman–Crippen LogP) is 23.6.